The van der Waals surface area contributed by atoms with E-state index < -0.39 is 23.1 Å². The summed E-state index contributed by atoms with van der Waals surface area (Å²) in [4.78, 5) is 14.1. The van der Waals surface area contributed by atoms with Crippen LogP contribution in [0.5, 0.6) is 0 Å². The molecule has 0 aromatic heterocycles. The van der Waals surface area contributed by atoms with Crippen molar-refractivity contribution in [3.63, 3.8) is 0 Å². The summed E-state index contributed by atoms with van der Waals surface area (Å²) in [6.07, 6.45) is 4.93. The lowest BCUT2D eigenvalue weighted by Gasteiger charge is -2.34. The Balaban J connectivity index is 2.29. The summed E-state index contributed by atoms with van der Waals surface area (Å²) in [5.74, 6) is -2.04. The molecule has 1 fully saturated rings. The third-order valence-electron chi connectivity index (χ3n) is 3.82. The van der Waals surface area contributed by atoms with Gasteiger partial charge in [-0.3, -0.25) is 4.79 Å². The van der Waals surface area contributed by atoms with E-state index in [-0.39, 0.29) is 16.4 Å². The van der Waals surface area contributed by atoms with Crippen LogP contribution in [0.1, 0.15) is 42.5 Å². The summed E-state index contributed by atoms with van der Waals surface area (Å²) >= 11 is 8.78. The second-order valence-electron chi connectivity index (χ2n) is 5.22. The topological polar surface area (TPSA) is 20.3 Å². The highest BCUT2D eigenvalue weighted by molar-refractivity contribution is 9.10. The first-order valence-electron chi connectivity index (χ1n) is 7.06. The fourth-order valence-corrected chi connectivity index (χ4v) is 3.41. The van der Waals surface area contributed by atoms with Crippen LogP contribution in [0.4, 0.5) is 8.78 Å². The zero-order chi connectivity index (χ0) is 15.4. The predicted molar refractivity (Wildman–Crippen MR) is 82.7 cm³/mol. The molecular weight excluding hydrogens is 364 g/mol. The molecule has 0 unspecified atom stereocenters. The molecule has 1 aromatic carbocycles. The minimum Gasteiger partial charge on any atom is -0.334 e. The molecule has 0 radical (unpaired) electrons. The van der Waals surface area contributed by atoms with Crippen LogP contribution < -0.4 is 0 Å². The van der Waals surface area contributed by atoms with Crippen LogP contribution in [0.15, 0.2) is 16.6 Å². The van der Waals surface area contributed by atoms with Crippen LogP contribution in [-0.4, -0.2) is 29.3 Å². The minimum absolute atomic E-state index is 0.0208. The third-order valence-corrected chi connectivity index (χ3v) is 4.45. The van der Waals surface area contributed by atoms with Crippen molar-refractivity contribution in [2.75, 3.05) is 12.4 Å². The van der Waals surface area contributed by atoms with Gasteiger partial charge < -0.3 is 4.90 Å². The molecule has 1 aliphatic rings. The number of hydrogen-bond donors (Lipinski definition) is 0. The van der Waals surface area contributed by atoms with Gasteiger partial charge in [-0.25, -0.2) is 8.78 Å². The largest absolute Gasteiger partial charge is 0.334 e. The van der Waals surface area contributed by atoms with E-state index in [9.17, 15) is 13.6 Å². The first kappa shape index (κ1) is 16.7. The molecule has 0 spiro atoms. The van der Waals surface area contributed by atoms with E-state index in [1.54, 1.807) is 0 Å². The van der Waals surface area contributed by atoms with Crippen molar-refractivity contribution in [2.45, 2.75) is 38.1 Å². The van der Waals surface area contributed by atoms with Crippen LogP contribution in [-0.2, 0) is 0 Å². The average molecular weight is 381 g/mol. The maximum Gasteiger partial charge on any atom is 0.260 e. The quantitative estimate of drug-likeness (QED) is 0.691. The van der Waals surface area contributed by atoms with Gasteiger partial charge in [0.1, 0.15) is 17.2 Å². The molecule has 1 amide bonds. The zero-order valence-corrected chi connectivity index (χ0v) is 13.9. The number of benzene rings is 1. The highest BCUT2D eigenvalue weighted by Gasteiger charge is 2.29. The van der Waals surface area contributed by atoms with E-state index in [1.807, 2.05) is 0 Å². The molecular formula is C15H17BrClF2NO. The molecule has 1 saturated carbocycles. The van der Waals surface area contributed by atoms with E-state index in [0.29, 0.717) is 6.54 Å². The van der Waals surface area contributed by atoms with E-state index in [2.05, 4.69) is 15.9 Å². The maximum atomic E-state index is 14.0. The van der Waals surface area contributed by atoms with Gasteiger partial charge in [0.2, 0.25) is 0 Å². The Kier molecular flexibility index (Phi) is 5.99. The van der Waals surface area contributed by atoms with Gasteiger partial charge >= 0.3 is 0 Å². The Morgan fingerprint density at radius 1 is 1.24 bits per heavy atom. The predicted octanol–water partition coefficient (Wildman–Crippen LogP) is 4.74. The lowest BCUT2D eigenvalue weighted by atomic mass is 9.93. The number of alkyl halides is 1. The summed E-state index contributed by atoms with van der Waals surface area (Å²) in [5.41, 5.74) is -0.492. The molecule has 116 valence electrons. The molecule has 0 N–H and O–H groups in total. The van der Waals surface area contributed by atoms with Crippen LogP contribution >= 0.6 is 27.5 Å². The molecule has 0 heterocycles. The first-order chi connectivity index (χ1) is 10.0. The number of hydrogen-bond acceptors (Lipinski definition) is 1. The lowest BCUT2D eigenvalue weighted by molar-refractivity contribution is 0.0639. The van der Waals surface area contributed by atoms with Gasteiger partial charge in [-0.1, -0.05) is 35.2 Å². The van der Waals surface area contributed by atoms with Gasteiger partial charge in [0.15, 0.2) is 0 Å². The average Bonchev–Trinajstić information content (AvgIpc) is 2.44. The van der Waals surface area contributed by atoms with Crippen LogP contribution in [0.2, 0.25) is 0 Å². The second-order valence-corrected chi connectivity index (χ2v) is 6.52. The van der Waals surface area contributed by atoms with Crippen LogP contribution in [0, 0.1) is 11.6 Å². The number of nitrogens with zero attached hydrogens (tertiary/aromatic N) is 1. The molecule has 2 rings (SSSR count). The summed E-state index contributed by atoms with van der Waals surface area (Å²) in [7, 11) is 0. The second kappa shape index (κ2) is 7.54. The number of carbonyl (C=O) groups is 1. The van der Waals surface area contributed by atoms with Gasteiger partial charge in [-0.2, -0.15) is 0 Å². The number of rotatable bonds is 4. The summed E-state index contributed by atoms with van der Waals surface area (Å²) in [5, 5.41) is 0. The van der Waals surface area contributed by atoms with Crippen molar-refractivity contribution >= 4 is 33.4 Å². The molecule has 21 heavy (non-hydrogen) atoms. The van der Waals surface area contributed by atoms with Crippen molar-refractivity contribution in [3.05, 3.63) is 33.8 Å². The molecule has 0 bridgehead atoms. The Morgan fingerprint density at radius 3 is 2.33 bits per heavy atom. The smallest absolute Gasteiger partial charge is 0.260 e. The van der Waals surface area contributed by atoms with Crippen molar-refractivity contribution in [1.82, 2.24) is 4.90 Å². The van der Waals surface area contributed by atoms with Crippen LogP contribution in [0.3, 0.4) is 0 Å². The highest BCUT2D eigenvalue weighted by atomic mass is 79.9. The summed E-state index contributed by atoms with van der Waals surface area (Å²) < 4.78 is 28.2. The van der Waals surface area contributed by atoms with E-state index in [0.717, 1.165) is 44.2 Å². The maximum absolute atomic E-state index is 14.0. The fraction of sp³-hybridized carbons (Fsp3) is 0.533. The monoisotopic (exact) mass is 379 g/mol. The molecule has 1 aromatic rings. The summed E-state index contributed by atoms with van der Waals surface area (Å²) in [6, 6.07) is 2.24. The van der Waals surface area contributed by atoms with Gasteiger partial charge in [-0.05, 0) is 25.0 Å². The standard InChI is InChI=1S/C15H17BrClF2NO/c16-10-8-12(18)14(13(19)9-10)15(21)20(7-6-17)11-4-2-1-3-5-11/h8-9,11H,1-7H2. The highest BCUT2D eigenvalue weighted by Crippen LogP contribution is 2.26. The lowest BCUT2D eigenvalue weighted by Crippen LogP contribution is -2.43. The molecule has 0 aliphatic heterocycles. The van der Waals surface area contributed by atoms with Crippen molar-refractivity contribution in [1.29, 1.82) is 0 Å². The Labute approximate surface area is 136 Å². The molecule has 1 aliphatic carbocycles. The minimum atomic E-state index is -0.845. The molecule has 2 nitrogen and oxygen atoms in total. The van der Waals surface area contributed by atoms with Crippen LogP contribution in [0.25, 0.3) is 0 Å². The van der Waals surface area contributed by atoms with Gasteiger partial charge in [0.25, 0.3) is 5.91 Å². The SMILES string of the molecule is O=C(c1c(F)cc(Br)cc1F)N(CCCl)C1CCCCC1. The van der Waals surface area contributed by atoms with Crippen molar-refractivity contribution in [3.8, 4) is 0 Å². The normalized spacial score (nSPS) is 16.0. The van der Waals surface area contributed by atoms with Gasteiger partial charge in [0.05, 0.1) is 0 Å². The fourth-order valence-electron chi connectivity index (χ4n) is 2.82. The number of amides is 1. The Morgan fingerprint density at radius 2 is 1.81 bits per heavy atom. The Bertz CT molecular complexity index is 497. The van der Waals surface area contributed by atoms with Crippen molar-refractivity contribution in [2.24, 2.45) is 0 Å². The zero-order valence-electron chi connectivity index (χ0n) is 11.5. The molecule has 6 heteroatoms. The first-order valence-corrected chi connectivity index (χ1v) is 8.39. The van der Waals surface area contributed by atoms with E-state index in [4.69, 9.17) is 11.6 Å². The van der Waals surface area contributed by atoms with Gasteiger partial charge in [-0.15, -0.1) is 11.6 Å². The summed E-state index contributed by atoms with van der Waals surface area (Å²) in [6.45, 7) is 0.306. The number of halogens is 4. The Hall–Kier alpha value is -0.680. The van der Waals surface area contributed by atoms with Gasteiger partial charge in [0, 0.05) is 22.9 Å². The van der Waals surface area contributed by atoms with E-state index in [1.165, 1.54) is 4.90 Å². The number of carbonyl (C=O) groups excluding carboxylic acids is 1. The third kappa shape index (κ3) is 3.95. The van der Waals surface area contributed by atoms with Crippen molar-refractivity contribution < 1.29 is 13.6 Å². The molecule has 0 atom stereocenters. The molecule has 0 saturated heterocycles. The van der Waals surface area contributed by atoms with E-state index >= 15 is 0 Å².